The number of aliphatic hydroxyl groups is 1. The molecule has 6 rings (SSSR count). The highest BCUT2D eigenvalue weighted by molar-refractivity contribution is 5.94. The second-order valence-electron chi connectivity index (χ2n) is 13.8. The lowest BCUT2D eigenvalue weighted by atomic mass is 9.53. The zero-order valence-corrected chi connectivity index (χ0v) is 27.8. The minimum Gasteiger partial charge on any atom is -0.508 e. The Morgan fingerprint density at radius 2 is 1.50 bits per heavy atom. The Morgan fingerprint density at radius 1 is 0.833 bits per heavy atom. The molecule has 0 heterocycles. The summed E-state index contributed by atoms with van der Waals surface area (Å²) in [6.07, 6.45) is 9.95. The number of hydrogen-bond acceptors (Lipinski definition) is 6. The van der Waals surface area contributed by atoms with Gasteiger partial charge in [0.05, 0.1) is 32.0 Å². The number of carbonyl (C=O) groups excluding carboxylic acids is 2. The molecule has 0 bridgehead atoms. The number of amides is 2. The van der Waals surface area contributed by atoms with Crippen LogP contribution in [0.5, 0.6) is 5.75 Å². The van der Waals surface area contributed by atoms with Crippen LogP contribution in [0.4, 0.5) is 0 Å². The van der Waals surface area contributed by atoms with Crippen LogP contribution in [0.2, 0.25) is 0 Å². The third-order valence-electron chi connectivity index (χ3n) is 11.1. The highest BCUT2D eigenvalue weighted by Crippen LogP contribution is 2.64. The Labute approximate surface area is 283 Å². The lowest BCUT2D eigenvalue weighted by molar-refractivity contribution is -0.0705. The summed E-state index contributed by atoms with van der Waals surface area (Å²) in [4.78, 5) is 24.6. The molecule has 2 fully saturated rings. The van der Waals surface area contributed by atoms with E-state index in [1.54, 1.807) is 12.1 Å². The highest BCUT2D eigenvalue weighted by Gasteiger charge is 2.60. The molecule has 3 aromatic carbocycles. The molecule has 4 N–H and O–H groups in total. The van der Waals surface area contributed by atoms with Gasteiger partial charge in [-0.2, -0.15) is 0 Å². The van der Waals surface area contributed by atoms with Crippen LogP contribution in [0, 0.1) is 17.3 Å². The van der Waals surface area contributed by atoms with Crippen LogP contribution in [0.1, 0.15) is 82.4 Å². The van der Waals surface area contributed by atoms with Gasteiger partial charge in [0.25, 0.3) is 11.8 Å². The van der Waals surface area contributed by atoms with Gasteiger partial charge in [-0.05, 0) is 109 Å². The largest absolute Gasteiger partial charge is 0.508 e. The van der Waals surface area contributed by atoms with Gasteiger partial charge >= 0.3 is 0 Å². The minimum atomic E-state index is -0.864. The predicted molar refractivity (Wildman–Crippen MR) is 186 cm³/mol. The molecule has 0 aromatic heterocycles. The standard InChI is InChI=1S/C40H48N2O6/c1-39-18-16-34-33-14-12-32(43)27-31(33)11-13-35(34)36(39)17-20-40(39,46)19-15-28-7-9-30(10-8-28)38(45)42-22-24-48-26-25-47-23-21-41-37(44)29-5-3-2-4-6-29/h2-10,12,14-15,19,27,34-36,43,46H,11,13,16-18,20-26H2,1H3,(H,41,44)(H,42,45)/b19-15+/t34?,35?,36?,39-,40-/m0/s1. The summed E-state index contributed by atoms with van der Waals surface area (Å²) in [7, 11) is 0. The van der Waals surface area contributed by atoms with Gasteiger partial charge in [0.1, 0.15) is 5.75 Å². The maximum Gasteiger partial charge on any atom is 0.251 e. The first kappa shape index (κ1) is 33.9. The van der Waals surface area contributed by atoms with E-state index in [4.69, 9.17) is 9.47 Å². The van der Waals surface area contributed by atoms with E-state index in [1.807, 2.05) is 66.7 Å². The SMILES string of the molecule is C[C@]12CCC3c4ccc(O)cc4CCC3C1CC[C@@]2(O)/C=C/c1ccc(C(=O)NCCOCCOCCNC(=O)c2ccccc2)cc1. The maximum atomic E-state index is 12.7. The summed E-state index contributed by atoms with van der Waals surface area (Å²) in [6.45, 7) is 4.66. The van der Waals surface area contributed by atoms with E-state index >= 15 is 0 Å². The van der Waals surface area contributed by atoms with E-state index in [9.17, 15) is 19.8 Å². The fraction of sp³-hybridized carbons (Fsp3) is 0.450. The lowest BCUT2D eigenvalue weighted by Gasteiger charge is -2.52. The van der Waals surface area contributed by atoms with Crippen LogP contribution >= 0.6 is 0 Å². The molecular formula is C40H48N2O6. The second kappa shape index (κ2) is 15.1. The van der Waals surface area contributed by atoms with Gasteiger partial charge in [-0.1, -0.05) is 55.5 Å². The Hall–Kier alpha value is -3.98. The minimum absolute atomic E-state index is 0.125. The quantitative estimate of drug-likeness (QED) is 0.171. The lowest BCUT2D eigenvalue weighted by Crippen LogP contribution is -2.49. The monoisotopic (exact) mass is 652 g/mol. The summed E-state index contributed by atoms with van der Waals surface area (Å²) in [5, 5.41) is 27.7. The average Bonchev–Trinajstić information content (AvgIpc) is 3.38. The van der Waals surface area contributed by atoms with Crippen molar-refractivity contribution >= 4 is 17.9 Å². The third kappa shape index (κ3) is 7.36. The number of benzene rings is 3. The average molecular weight is 653 g/mol. The van der Waals surface area contributed by atoms with Crippen molar-refractivity contribution in [2.45, 2.75) is 57.0 Å². The Bertz CT molecular complexity index is 1590. The van der Waals surface area contributed by atoms with Crippen LogP contribution in [-0.2, 0) is 15.9 Å². The van der Waals surface area contributed by atoms with Crippen molar-refractivity contribution in [3.63, 3.8) is 0 Å². The normalized spacial score (nSPS) is 26.0. The summed E-state index contributed by atoms with van der Waals surface area (Å²) < 4.78 is 11.1. The summed E-state index contributed by atoms with van der Waals surface area (Å²) >= 11 is 0. The molecule has 0 saturated heterocycles. The molecule has 0 spiro atoms. The van der Waals surface area contributed by atoms with E-state index in [1.165, 1.54) is 11.1 Å². The van der Waals surface area contributed by atoms with Crippen molar-refractivity contribution in [1.82, 2.24) is 10.6 Å². The number of fused-ring (bicyclic) bond motifs is 5. The smallest absolute Gasteiger partial charge is 0.251 e. The number of carbonyl (C=O) groups is 2. The number of phenolic OH excluding ortho intramolecular Hbond substituents is 1. The van der Waals surface area contributed by atoms with Gasteiger partial charge in [0.2, 0.25) is 0 Å². The van der Waals surface area contributed by atoms with Gasteiger partial charge in [-0.15, -0.1) is 0 Å². The van der Waals surface area contributed by atoms with Crippen molar-refractivity contribution in [3.05, 3.63) is 107 Å². The van der Waals surface area contributed by atoms with E-state index in [0.29, 0.717) is 74.1 Å². The molecular weight excluding hydrogens is 604 g/mol. The van der Waals surface area contributed by atoms with Gasteiger partial charge in [0.15, 0.2) is 0 Å². The topological polar surface area (TPSA) is 117 Å². The zero-order valence-electron chi connectivity index (χ0n) is 27.8. The molecule has 0 aliphatic heterocycles. The van der Waals surface area contributed by atoms with Crippen LogP contribution in [0.15, 0.2) is 78.9 Å². The number of hydrogen-bond donors (Lipinski definition) is 4. The molecule has 48 heavy (non-hydrogen) atoms. The molecule has 8 heteroatoms. The molecule has 3 aliphatic rings. The molecule has 2 saturated carbocycles. The Kier molecular flexibility index (Phi) is 10.6. The third-order valence-corrected chi connectivity index (χ3v) is 11.1. The molecule has 254 valence electrons. The molecule has 3 aliphatic carbocycles. The highest BCUT2D eigenvalue weighted by atomic mass is 16.5. The molecule has 8 nitrogen and oxygen atoms in total. The van der Waals surface area contributed by atoms with Crippen molar-refractivity contribution in [2.24, 2.45) is 17.3 Å². The van der Waals surface area contributed by atoms with Crippen LogP contribution in [0.25, 0.3) is 6.08 Å². The van der Waals surface area contributed by atoms with Gasteiger partial charge < -0.3 is 30.3 Å². The molecule has 3 aromatic rings. The first-order valence-electron chi connectivity index (χ1n) is 17.4. The maximum absolute atomic E-state index is 12.7. The molecule has 5 atom stereocenters. The first-order chi connectivity index (χ1) is 23.3. The van der Waals surface area contributed by atoms with Gasteiger partial charge in [0, 0.05) is 29.6 Å². The van der Waals surface area contributed by atoms with Gasteiger partial charge in [-0.25, -0.2) is 0 Å². The number of nitrogens with one attached hydrogen (secondary N) is 2. The molecule has 3 unspecified atom stereocenters. The van der Waals surface area contributed by atoms with Crippen molar-refractivity contribution < 1.29 is 29.3 Å². The van der Waals surface area contributed by atoms with Gasteiger partial charge in [-0.3, -0.25) is 9.59 Å². The Morgan fingerprint density at radius 3 is 2.19 bits per heavy atom. The van der Waals surface area contributed by atoms with Crippen LogP contribution in [0.3, 0.4) is 0 Å². The second-order valence-corrected chi connectivity index (χ2v) is 13.8. The zero-order chi connectivity index (χ0) is 33.6. The molecule has 2 amide bonds. The van der Waals surface area contributed by atoms with Crippen molar-refractivity contribution in [1.29, 1.82) is 0 Å². The number of aromatic hydroxyl groups is 1. The van der Waals surface area contributed by atoms with Crippen LogP contribution in [-0.4, -0.2) is 67.1 Å². The number of ether oxygens (including phenoxy) is 2. The van der Waals surface area contributed by atoms with E-state index < -0.39 is 5.60 Å². The first-order valence-corrected chi connectivity index (χ1v) is 17.4. The number of rotatable bonds is 13. The van der Waals surface area contributed by atoms with Crippen molar-refractivity contribution in [3.8, 4) is 5.75 Å². The number of phenols is 1. The summed E-state index contributed by atoms with van der Waals surface area (Å²) in [6, 6.07) is 22.4. The van der Waals surface area contributed by atoms with Crippen molar-refractivity contribution in [2.75, 3.05) is 39.5 Å². The van der Waals surface area contributed by atoms with E-state index in [-0.39, 0.29) is 17.2 Å². The van der Waals surface area contributed by atoms with Crippen LogP contribution < -0.4 is 10.6 Å². The fourth-order valence-corrected chi connectivity index (χ4v) is 8.46. The summed E-state index contributed by atoms with van der Waals surface area (Å²) in [5.74, 6) is 1.60. The van der Waals surface area contributed by atoms with E-state index in [2.05, 4.69) is 23.6 Å². The van der Waals surface area contributed by atoms with E-state index in [0.717, 1.165) is 44.1 Å². The fourth-order valence-electron chi connectivity index (χ4n) is 8.46. The Balaban J connectivity index is 0.902. The summed E-state index contributed by atoms with van der Waals surface area (Å²) in [5.41, 5.74) is 3.80. The number of aryl methyl sites for hydroxylation is 1. The molecule has 0 radical (unpaired) electrons. The predicted octanol–water partition coefficient (Wildman–Crippen LogP) is 5.89.